The van der Waals surface area contributed by atoms with Crippen molar-refractivity contribution in [2.45, 2.75) is 37.8 Å². The fourth-order valence-electron chi connectivity index (χ4n) is 4.65. The number of nitrogens with two attached hydrogens (primary N) is 2. The fourth-order valence-corrected chi connectivity index (χ4v) is 4.65. The molecule has 1 aromatic heterocycles. The van der Waals surface area contributed by atoms with E-state index in [-0.39, 0.29) is 41.4 Å². The number of rotatable bonds is 7. The second-order valence-electron chi connectivity index (χ2n) is 9.04. The number of hydrogen-bond donors (Lipinski definition) is 3. The number of nitrogens with one attached hydrogen (secondary N) is 1. The molecule has 188 valence electrons. The Hall–Kier alpha value is -4.02. The molecule has 2 aliphatic rings. The molecule has 1 heterocycles. The number of carbonyl (C=O) groups excluding carboxylic acids is 2. The van der Waals surface area contributed by atoms with Crippen LogP contribution in [-0.4, -0.2) is 34.6 Å². The van der Waals surface area contributed by atoms with Crippen LogP contribution in [0.25, 0.3) is 11.3 Å². The van der Waals surface area contributed by atoms with Gasteiger partial charge in [0.15, 0.2) is 0 Å². The topological polar surface area (TPSA) is 125 Å². The van der Waals surface area contributed by atoms with E-state index in [0.29, 0.717) is 18.4 Å². The number of nitrogen functional groups attached to an aromatic ring is 1. The maximum atomic E-state index is 13.9. The lowest BCUT2D eigenvalue weighted by Crippen LogP contribution is -2.27. The van der Waals surface area contributed by atoms with E-state index in [9.17, 15) is 22.8 Å². The standard InChI is InChI=1S/C25H24F3N5O3/c1-36-19-7-4-15(26)9-17(19)24(35)31-18-6-3-12-8-13(2-5-16(12)18)21-20(23(30)34)22(29)33(32-21)11-14-10-25(14,27)28/h2,4-5,7-9,14,18H,3,6,10-11,29H2,1H3,(H2,30,34)(H,31,35)/t14?,18-/m1/s1/i1D3. The van der Waals surface area contributed by atoms with Crippen LogP contribution in [0.15, 0.2) is 36.4 Å². The SMILES string of the molecule is [2H]C([2H])([2H])Oc1ccc(F)cc1C(=O)N[C@@H]1CCc2cc(-c3nn(CC4CC4(F)F)c(N)c3C(N)=O)ccc21. The van der Waals surface area contributed by atoms with Gasteiger partial charge in [-0.1, -0.05) is 12.1 Å². The molecule has 0 spiro atoms. The van der Waals surface area contributed by atoms with Gasteiger partial charge in [-0.15, -0.1) is 0 Å². The molecule has 0 radical (unpaired) electrons. The Bertz CT molecular complexity index is 1490. The highest BCUT2D eigenvalue weighted by Gasteiger charge is 2.57. The number of ether oxygens (including phenoxy) is 1. The highest BCUT2D eigenvalue weighted by atomic mass is 19.3. The lowest BCUT2D eigenvalue weighted by Gasteiger charge is -2.16. The first kappa shape index (κ1) is 20.2. The third-order valence-electron chi connectivity index (χ3n) is 6.68. The maximum absolute atomic E-state index is 13.9. The first-order valence-corrected chi connectivity index (χ1v) is 11.2. The number of aromatic nitrogens is 2. The number of carbonyl (C=O) groups is 2. The number of alkyl halides is 2. The minimum absolute atomic E-state index is 0.0605. The lowest BCUT2D eigenvalue weighted by molar-refractivity contribution is 0.0929. The molecule has 2 atom stereocenters. The number of aryl methyl sites for hydroxylation is 1. The zero-order chi connectivity index (χ0) is 28.3. The number of primary amides is 1. The summed E-state index contributed by atoms with van der Waals surface area (Å²) in [5.41, 5.74) is 13.5. The van der Waals surface area contributed by atoms with Crippen LogP contribution in [0.4, 0.5) is 19.0 Å². The largest absolute Gasteiger partial charge is 0.496 e. The Labute approximate surface area is 208 Å². The summed E-state index contributed by atoms with van der Waals surface area (Å²) >= 11 is 0. The molecular weight excluding hydrogens is 475 g/mol. The molecule has 1 unspecified atom stereocenters. The third-order valence-corrected chi connectivity index (χ3v) is 6.68. The summed E-state index contributed by atoms with van der Waals surface area (Å²) in [4.78, 5) is 25.1. The summed E-state index contributed by atoms with van der Waals surface area (Å²) in [6.45, 7) is -0.147. The van der Waals surface area contributed by atoms with Gasteiger partial charge in [-0.3, -0.25) is 9.59 Å². The maximum Gasteiger partial charge on any atom is 0.255 e. The van der Waals surface area contributed by atoms with Gasteiger partial charge in [-0.2, -0.15) is 5.10 Å². The first-order chi connectivity index (χ1) is 18.2. The number of benzene rings is 2. The van der Waals surface area contributed by atoms with E-state index in [4.69, 9.17) is 20.3 Å². The van der Waals surface area contributed by atoms with E-state index < -0.39 is 42.6 Å². The van der Waals surface area contributed by atoms with Crippen molar-refractivity contribution < 1.29 is 31.6 Å². The molecule has 3 aromatic rings. The van der Waals surface area contributed by atoms with Gasteiger partial charge in [0.05, 0.1) is 29.3 Å². The zero-order valence-corrected chi connectivity index (χ0v) is 18.9. The van der Waals surface area contributed by atoms with Gasteiger partial charge in [0.2, 0.25) is 0 Å². The molecule has 1 fully saturated rings. The van der Waals surface area contributed by atoms with Gasteiger partial charge >= 0.3 is 0 Å². The van der Waals surface area contributed by atoms with E-state index in [1.54, 1.807) is 18.2 Å². The zero-order valence-electron chi connectivity index (χ0n) is 21.9. The Morgan fingerprint density at radius 2 is 2.08 bits per heavy atom. The van der Waals surface area contributed by atoms with E-state index in [0.717, 1.165) is 29.3 Å². The number of methoxy groups -OCH3 is 1. The molecule has 0 aliphatic heterocycles. The highest BCUT2D eigenvalue weighted by Crippen LogP contribution is 2.50. The van der Waals surface area contributed by atoms with Crippen molar-refractivity contribution in [1.82, 2.24) is 15.1 Å². The Balaban J connectivity index is 1.39. The molecule has 0 saturated heterocycles. The van der Waals surface area contributed by atoms with Gasteiger partial charge < -0.3 is 21.5 Å². The Morgan fingerprint density at radius 3 is 2.78 bits per heavy atom. The van der Waals surface area contributed by atoms with Crippen molar-refractivity contribution in [3.05, 3.63) is 64.5 Å². The van der Waals surface area contributed by atoms with Gasteiger partial charge in [0, 0.05) is 17.9 Å². The number of halogens is 3. The van der Waals surface area contributed by atoms with Crippen molar-refractivity contribution >= 4 is 17.6 Å². The molecule has 1 saturated carbocycles. The molecule has 0 bridgehead atoms. The predicted molar refractivity (Wildman–Crippen MR) is 125 cm³/mol. The fraction of sp³-hybridized carbons (Fsp3) is 0.320. The monoisotopic (exact) mass is 502 g/mol. The second-order valence-corrected chi connectivity index (χ2v) is 9.04. The molecular formula is C25H24F3N5O3. The number of nitrogens with zero attached hydrogens (tertiary/aromatic N) is 2. The lowest BCUT2D eigenvalue weighted by atomic mass is 10.0. The highest BCUT2D eigenvalue weighted by molar-refractivity contribution is 6.03. The number of amides is 2. The molecule has 2 aromatic carbocycles. The van der Waals surface area contributed by atoms with Gasteiger partial charge in [-0.05, 0) is 48.2 Å². The average Bonchev–Trinajstić information content (AvgIpc) is 3.13. The van der Waals surface area contributed by atoms with E-state index in [2.05, 4.69) is 10.4 Å². The van der Waals surface area contributed by atoms with Crippen LogP contribution >= 0.6 is 0 Å². The summed E-state index contributed by atoms with van der Waals surface area (Å²) < 4.78 is 68.7. The molecule has 2 aliphatic carbocycles. The van der Waals surface area contributed by atoms with Crippen LogP contribution < -0.4 is 21.5 Å². The first-order valence-electron chi connectivity index (χ1n) is 12.7. The van der Waals surface area contributed by atoms with Crippen molar-refractivity contribution in [1.29, 1.82) is 0 Å². The Kier molecular flexibility index (Phi) is 4.81. The predicted octanol–water partition coefficient (Wildman–Crippen LogP) is 3.45. The molecule has 36 heavy (non-hydrogen) atoms. The van der Waals surface area contributed by atoms with Crippen LogP contribution in [-0.2, 0) is 13.0 Å². The van der Waals surface area contributed by atoms with E-state index >= 15 is 0 Å². The average molecular weight is 503 g/mol. The smallest absolute Gasteiger partial charge is 0.255 e. The molecule has 8 nitrogen and oxygen atoms in total. The number of anilines is 1. The van der Waals surface area contributed by atoms with Crippen LogP contribution in [0.1, 0.15) is 54.8 Å². The minimum Gasteiger partial charge on any atom is -0.496 e. The molecule has 5 rings (SSSR count). The molecule has 2 amide bonds. The summed E-state index contributed by atoms with van der Waals surface area (Å²) in [5, 5.41) is 7.11. The van der Waals surface area contributed by atoms with E-state index in [1.807, 2.05) is 0 Å². The van der Waals surface area contributed by atoms with Crippen LogP contribution in [0, 0.1) is 11.7 Å². The summed E-state index contributed by atoms with van der Waals surface area (Å²) in [6, 6.07) is 7.64. The van der Waals surface area contributed by atoms with Crippen molar-refractivity contribution in [3.63, 3.8) is 0 Å². The summed E-state index contributed by atoms with van der Waals surface area (Å²) in [6.07, 6.45) is 0.747. The summed E-state index contributed by atoms with van der Waals surface area (Å²) in [7, 11) is -2.83. The van der Waals surface area contributed by atoms with Crippen molar-refractivity contribution in [3.8, 4) is 17.0 Å². The Morgan fingerprint density at radius 1 is 1.31 bits per heavy atom. The van der Waals surface area contributed by atoms with Gasteiger partial charge in [-0.25, -0.2) is 17.9 Å². The number of hydrogen-bond acceptors (Lipinski definition) is 5. The van der Waals surface area contributed by atoms with Crippen LogP contribution in [0.3, 0.4) is 0 Å². The second kappa shape index (κ2) is 8.58. The van der Waals surface area contributed by atoms with Crippen molar-refractivity contribution in [2.24, 2.45) is 11.7 Å². The van der Waals surface area contributed by atoms with Gasteiger partial charge in [0.25, 0.3) is 17.7 Å². The third kappa shape index (κ3) is 4.14. The molecule has 5 N–H and O–H groups in total. The number of fused-ring (bicyclic) bond motifs is 1. The van der Waals surface area contributed by atoms with Crippen LogP contribution in [0.5, 0.6) is 5.75 Å². The van der Waals surface area contributed by atoms with Gasteiger partial charge in [0.1, 0.15) is 28.6 Å². The molecule has 11 heteroatoms. The minimum atomic E-state index is -2.83. The van der Waals surface area contributed by atoms with Crippen LogP contribution in [0.2, 0.25) is 0 Å². The van der Waals surface area contributed by atoms with E-state index in [1.165, 1.54) is 4.68 Å². The summed E-state index contributed by atoms with van der Waals surface area (Å²) in [5.74, 6) is -6.36. The quantitative estimate of drug-likeness (QED) is 0.456. The normalized spacial score (nSPS) is 21.1. The van der Waals surface area contributed by atoms with Crippen molar-refractivity contribution in [2.75, 3.05) is 12.8 Å².